The molecule has 2 rings (SSSR count). The Morgan fingerprint density at radius 3 is 2.67 bits per heavy atom. The molecule has 0 aromatic carbocycles. The van der Waals surface area contributed by atoms with Crippen molar-refractivity contribution in [1.29, 1.82) is 0 Å². The van der Waals surface area contributed by atoms with Gasteiger partial charge in [-0.25, -0.2) is 0 Å². The molecule has 4 heteroatoms. The Hall–Kier alpha value is -1.42. The average Bonchev–Trinajstić information content (AvgIpc) is 2.77. The van der Waals surface area contributed by atoms with E-state index in [1.54, 1.807) is 18.4 Å². The van der Waals surface area contributed by atoms with Crippen molar-refractivity contribution in [2.75, 3.05) is 0 Å². The Morgan fingerprint density at radius 2 is 2.13 bits per heavy atom. The van der Waals surface area contributed by atoms with E-state index < -0.39 is 0 Å². The molecule has 0 amide bonds. The summed E-state index contributed by atoms with van der Waals surface area (Å²) in [6.07, 6.45) is 1.63. The molecule has 2 aromatic rings. The monoisotopic (exact) mass is 222 g/mol. The fourth-order valence-electron chi connectivity index (χ4n) is 1.15. The van der Waals surface area contributed by atoms with Crippen LogP contribution in [0.2, 0.25) is 0 Å². The molecule has 15 heavy (non-hydrogen) atoms. The highest BCUT2D eigenvalue weighted by Crippen LogP contribution is 2.32. The van der Waals surface area contributed by atoms with Crippen LogP contribution in [0.4, 0.5) is 0 Å². The molecule has 0 bridgehead atoms. The van der Waals surface area contributed by atoms with Gasteiger partial charge in [0.05, 0.1) is 11.2 Å². The lowest BCUT2D eigenvalue weighted by atomic mass is 10.3. The van der Waals surface area contributed by atoms with E-state index in [1.165, 1.54) is 18.7 Å². The van der Waals surface area contributed by atoms with Crippen molar-refractivity contribution < 1.29 is 13.6 Å². The summed E-state index contributed by atoms with van der Waals surface area (Å²) in [6, 6.07) is 5.34. The minimum Gasteiger partial charge on any atom is -0.468 e. The van der Waals surface area contributed by atoms with Gasteiger partial charge >= 0.3 is 0 Å². The maximum Gasteiger partial charge on any atom is 0.194 e. The second-order valence-electron chi connectivity index (χ2n) is 3.12. The Morgan fingerprint density at radius 1 is 1.33 bits per heavy atom. The number of hydrogen-bond acceptors (Lipinski definition) is 4. The highest BCUT2D eigenvalue weighted by atomic mass is 32.2. The molecule has 0 saturated carbocycles. The molecular weight excluding hydrogens is 212 g/mol. The number of aryl methyl sites for hydroxylation is 1. The summed E-state index contributed by atoms with van der Waals surface area (Å²) in [7, 11) is 0. The van der Waals surface area contributed by atoms with Crippen LogP contribution >= 0.6 is 11.8 Å². The van der Waals surface area contributed by atoms with E-state index in [1.807, 2.05) is 13.0 Å². The second-order valence-corrected chi connectivity index (χ2v) is 4.16. The summed E-state index contributed by atoms with van der Waals surface area (Å²) in [6.45, 7) is 3.37. The lowest BCUT2D eigenvalue weighted by Crippen LogP contribution is -1.85. The molecular formula is C11H10O3S. The van der Waals surface area contributed by atoms with Crippen molar-refractivity contribution in [2.24, 2.45) is 0 Å². The predicted molar refractivity (Wildman–Crippen MR) is 56.3 cm³/mol. The molecule has 2 aromatic heterocycles. The predicted octanol–water partition coefficient (Wildman–Crippen LogP) is 3.53. The lowest BCUT2D eigenvalue weighted by Gasteiger charge is -1.94. The van der Waals surface area contributed by atoms with Crippen LogP contribution in [0.25, 0.3) is 0 Å². The van der Waals surface area contributed by atoms with Gasteiger partial charge in [-0.05, 0) is 36.9 Å². The van der Waals surface area contributed by atoms with Crippen molar-refractivity contribution in [3.8, 4) is 0 Å². The second kappa shape index (κ2) is 3.98. The maximum atomic E-state index is 11.0. The molecule has 0 unspecified atom stereocenters. The highest BCUT2D eigenvalue weighted by Gasteiger charge is 2.09. The first-order chi connectivity index (χ1) is 7.16. The van der Waals surface area contributed by atoms with Gasteiger partial charge in [-0.3, -0.25) is 4.79 Å². The van der Waals surface area contributed by atoms with E-state index in [9.17, 15) is 4.79 Å². The van der Waals surface area contributed by atoms with Crippen LogP contribution in [0.15, 0.2) is 43.3 Å². The van der Waals surface area contributed by atoms with Gasteiger partial charge in [0.15, 0.2) is 16.6 Å². The molecule has 3 nitrogen and oxygen atoms in total. The van der Waals surface area contributed by atoms with Crippen LogP contribution in [0.3, 0.4) is 0 Å². The largest absolute Gasteiger partial charge is 0.468 e. The number of carbonyl (C=O) groups is 1. The third kappa shape index (κ3) is 2.15. The fraction of sp³-hybridized carbons (Fsp3) is 0.182. The maximum absolute atomic E-state index is 11.0. The van der Waals surface area contributed by atoms with Crippen molar-refractivity contribution >= 4 is 17.5 Å². The first-order valence-electron chi connectivity index (χ1n) is 4.49. The molecule has 0 fully saturated rings. The molecule has 0 aliphatic heterocycles. The van der Waals surface area contributed by atoms with Gasteiger partial charge in [0.2, 0.25) is 0 Å². The van der Waals surface area contributed by atoms with Crippen LogP contribution in [0.1, 0.15) is 23.2 Å². The van der Waals surface area contributed by atoms with Crippen LogP contribution in [0.5, 0.6) is 0 Å². The minimum atomic E-state index is -0.0641. The van der Waals surface area contributed by atoms with E-state index >= 15 is 0 Å². The van der Waals surface area contributed by atoms with Crippen molar-refractivity contribution in [1.82, 2.24) is 0 Å². The summed E-state index contributed by atoms with van der Waals surface area (Å²) < 4.78 is 10.5. The van der Waals surface area contributed by atoms with Gasteiger partial charge in [0.25, 0.3) is 0 Å². The van der Waals surface area contributed by atoms with E-state index in [0.717, 1.165) is 10.7 Å². The minimum absolute atomic E-state index is 0.0641. The van der Waals surface area contributed by atoms with Gasteiger partial charge < -0.3 is 8.83 Å². The van der Waals surface area contributed by atoms with Gasteiger partial charge in [0.1, 0.15) is 5.76 Å². The molecule has 0 N–H and O–H groups in total. The molecule has 0 aliphatic carbocycles. The van der Waals surface area contributed by atoms with Crippen LogP contribution in [-0.2, 0) is 0 Å². The topological polar surface area (TPSA) is 43.4 Å². The van der Waals surface area contributed by atoms with Crippen LogP contribution in [-0.4, -0.2) is 5.78 Å². The van der Waals surface area contributed by atoms with Crippen molar-refractivity contribution in [3.05, 3.63) is 36.0 Å². The van der Waals surface area contributed by atoms with Crippen molar-refractivity contribution in [2.45, 2.75) is 23.8 Å². The molecule has 2 heterocycles. The zero-order valence-corrected chi connectivity index (χ0v) is 9.26. The van der Waals surface area contributed by atoms with E-state index in [2.05, 4.69) is 0 Å². The van der Waals surface area contributed by atoms with Gasteiger partial charge in [-0.2, -0.15) is 0 Å². The number of rotatable bonds is 3. The number of furan rings is 2. The normalized spacial score (nSPS) is 10.5. The Kier molecular flexibility index (Phi) is 2.68. The SMILES string of the molecule is CC(=O)c1ccc(Sc2ccoc2C)o1. The number of ketones is 1. The van der Waals surface area contributed by atoms with Gasteiger partial charge in [-0.15, -0.1) is 0 Å². The zero-order valence-electron chi connectivity index (χ0n) is 8.44. The first kappa shape index (κ1) is 10.1. The van der Waals surface area contributed by atoms with Crippen LogP contribution in [0, 0.1) is 6.92 Å². The molecule has 0 radical (unpaired) electrons. The smallest absolute Gasteiger partial charge is 0.194 e. The van der Waals surface area contributed by atoms with Crippen LogP contribution < -0.4 is 0 Å². The molecule has 0 aliphatic rings. The summed E-state index contributed by atoms with van der Waals surface area (Å²) in [5.74, 6) is 1.17. The van der Waals surface area contributed by atoms with Gasteiger partial charge in [-0.1, -0.05) is 0 Å². The Balaban J connectivity index is 2.18. The molecule has 78 valence electrons. The molecule has 0 spiro atoms. The number of hydrogen-bond donors (Lipinski definition) is 0. The average molecular weight is 222 g/mol. The Bertz CT molecular complexity index is 481. The quantitative estimate of drug-likeness (QED) is 0.745. The summed E-state index contributed by atoms with van der Waals surface area (Å²) >= 11 is 1.45. The number of Topliss-reactive ketones (excluding diaryl/α,β-unsaturated/α-hetero) is 1. The number of carbonyl (C=O) groups excluding carboxylic acids is 1. The summed E-state index contributed by atoms with van der Waals surface area (Å²) in [5.41, 5.74) is 0. The summed E-state index contributed by atoms with van der Waals surface area (Å²) in [5, 5.41) is 0.699. The lowest BCUT2D eigenvalue weighted by molar-refractivity contribution is 0.0982. The van der Waals surface area contributed by atoms with E-state index in [0.29, 0.717) is 10.9 Å². The molecule has 0 saturated heterocycles. The van der Waals surface area contributed by atoms with Gasteiger partial charge in [0, 0.05) is 6.92 Å². The summed E-state index contributed by atoms with van der Waals surface area (Å²) in [4.78, 5) is 12.0. The van der Waals surface area contributed by atoms with Crippen molar-refractivity contribution in [3.63, 3.8) is 0 Å². The first-order valence-corrected chi connectivity index (χ1v) is 5.31. The van der Waals surface area contributed by atoms with E-state index in [4.69, 9.17) is 8.83 Å². The third-order valence-corrected chi connectivity index (χ3v) is 3.01. The Labute approximate surface area is 91.5 Å². The molecule has 0 atom stereocenters. The third-order valence-electron chi connectivity index (χ3n) is 1.95. The standard InChI is InChI=1S/C11H10O3S/c1-7(12)9-3-4-11(14-9)15-10-5-6-13-8(10)2/h3-6H,1-2H3. The fourth-order valence-corrected chi connectivity index (χ4v) is 1.95. The zero-order chi connectivity index (χ0) is 10.8. The highest BCUT2D eigenvalue weighted by molar-refractivity contribution is 7.99. The van der Waals surface area contributed by atoms with E-state index in [-0.39, 0.29) is 5.78 Å².